The van der Waals surface area contributed by atoms with Gasteiger partial charge in [-0.05, 0) is 56.6 Å². The topological polar surface area (TPSA) is 87.9 Å². The maximum Gasteiger partial charge on any atom is 0.254 e. The highest BCUT2D eigenvalue weighted by Gasteiger charge is 2.21. The molecule has 1 N–H and O–H groups in total. The van der Waals surface area contributed by atoms with Gasteiger partial charge in [0, 0.05) is 24.7 Å². The number of unbranched alkanes of at least 4 members (excludes halogenated alkanes) is 1. The summed E-state index contributed by atoms with van der Waals surface area (Å²) < 4.78 is 10.4. The molecule has 1 aromatic carbocycles. The molecule has 1 saturated heterocycles. The highest BCUT2D eigenvalue weighted by atomic mass is 16.5. The summed E-state index contributed by atoms with van der Waals surface area (Å²) in [5.74, 6) is 0.600. The molecule has 2 amide bonds. The van der Waals surface area contributed by atoms with Gasteiger partial charge in [-0.3, -0.25) is 9.59 Å². The second kappa shape index (κ2) is 12.1. The summed E-state index contributed by atoms with van der Waals surface area (Å²) in [6.45, 7) is 6.04. The number of hydrogen-bond donors (Lipinski definition) is 1. The predicted molar refractivity (Wildman–Crippen MR) is 118 cm³/mol. The van der Waals surface area contributed by atoms with Crippen LogP contribution in [0.4, 0.5) is 5.82 Å². The van der Waals surface area contributed by atoms with Crippen LogP contribution in [0, 0.1) is 0 Å². The van der Waals surface area contributed by atoms with Gasteiger partial charge in [0.05, 0.1) is 6.61 Å². The van der Waals surface area contributed by atoms with Crippen LogP contribution in [-0.2, 0) is 4.79 Å². The third kappa shape index (κ3) is 7.40. The van der Waals surface area contributed by atoms with E-state index in [0.717, 1.165) is 38.2 Å². The van der Waals surface area contributed by atoms with Gasteiger partial charge in [0.15, 0.2) is 5.82 Å². The largest absolute Gasteiger partial charge is 0.494 e. The van der Waals surface area contributed by atoms with Gasteiger partial charge in [0.2, 0.25) is 5.91 Å². The molecule has 1 aliphatic heterocycles. The van der Waals surface area contributed by atoms with Crippen LogP contribution in [0.25, 0.3) is 0 Å². The van der Waals surface area contributed by atoms with Gasteiger partial charge in [-0.1, -0.05) is 24.9 Å². The van der Waals surface area contributed by atoms with Crippen LogP contribution < -0.4 is 10.1 Å². The molecule has 2 aromatic rings. The molecule has 1 fully saturated rings. The maximum absolute atomic E-state index is 13.2. The molecule has 0 atom stereocenters. The molecule has 8 heteroatoms. The molecule has 0 unspecified atom stereocenters. The van der Waals surface area contributed by atoms with E-state index in [1.165, 1.54) is 25.5 Å². The summed E-state index contributed by atoms with van der Waals surface area (Å²) in [6, 6.07) is 8.69. The van der Waals surface area contributed by atoms with Crippen LogP contribution in [0.5, 0.6) is 5.75 Å². The van der Waals surface area contributed by atoms with Crippen molar-refractivity contribution in [3.8, 4) is 5.75 Å². The van der Waals surface area contributed by atoms with Crippen LogP contribution in [0.1, 0.15) is 49.4 Å². The number of piperidine rings is 1. The standard InChI is InChI=1S/C23H32N4O4/c1-2-3-16-30-20-9-7-19(8-10-20)23(29)27(15-14-26-12-5-4-6-13-26)18-22(28)24-21-11-17-31-25-21/h7-11,17H,2-6,12-16,18H2,1H3,(H,24,25,28). The number of carbonyl (C=O) groups excluding carboxylic acids is 2. The number of rotatable bonds is 11. The van der Waals surface area contributed by atoms with Gasteiger partial charge in [-0.15, -0.1) is 0 Å². The van der Waals surface area contributed by atoms with Gasteiger partial charge < -0.3 is 24.4 Å². The van der Waals surface area contributed by atoms with Gasteiger partial charge in [-0.2, -0.15) is 0 Å². The molecule has 2 heterocycles. The normalized spacial score (nSPS) is 14.2. The predicted octanol–water partition coefficient (Wildman–Crippen LogP) is 3.42. The maximum atomic E-state index is 13.2. The zero-order valence-corrected chi connectivity index (χ0v) is 18.2. The Kier molecular flexibility index (Phi) is 8.90. The van der Waals surface area contributed by atoms with Crippen LogP contribution in [0.3, 0.4) is 0 Å². The quantitative estimate of drug-likeness (QED) is 0.552. The van der Waals surface area contributed by atoms with Crippen molar-refractivity contribution >= 4 is 17.6 Å². The molecule has 1 aliphatic rings. The first kappa shape index (κ1) is 22.8. The number of likely N-dealkylation sites (tertiary alicyclic amines) is 1. The molecule has 1 aromatic heterocycles. The summed E-state index contributed by atoms with van der Waals surface area (Å²) >= 11 is 0. The summed E-state index contributed by atoms with van der Waals surface area (Å²) in [6.07, 6.45) is 7.07. The molecule has 31 heavy (non-hydrogen) atoms. The summed E-state index contributed by atoms with van der Waals surface area (Å²) in [5, 5.41) is 6.36. The van der Waals surface area contributed by atoms with E-state index in [9.17, 15) is 9.59 Å². The molecule has 3 rings (SSSR count). The first-order valence-electron chi connectivity index (χ1n) is 11.1. The number of nitrogens with one attached hydrogen (secondary N) is 1. The van der Waals surface area contributed by atoms with E-state index < -0.39 is 0 Å². The second-order valence-electron chi connectivity index (χ2n) is 7.79. The minimum atomic E-state index is -0.305. The molecular weight excluding hydrogens is 396 g/mol. The first-order valence-corrected chi connectivity index (χ1v) is 11.1. The van der Waals surface area contributed by atoms with Crippen molar-refractivity contribution in [1.82, 2.24) is 15.0 Å². The number of ether oxygens (including phenoxy) is 1. The van der Waals surface area contributed by atoms with E-state index in [2.05, 4.69) is 22.3 Å². The van der Waals surface area contributed by atoms with E-state index in [0.29, 0.717) is 24.5 Å². The number of amides is 2. The fourth-order valence-corrected chi connectivity index (χ4v) is 3.54. The number of nitrogens with zero attached hydrogens (tertiary/aromatic N) is 3. The van der Waals surface area contributed by atoms with Crippen molar-refractivity contribution in [2.45, 2.75) is 39.0 Å². The lowest BCUT2D eigenvalue weighted by atomic mass is 10.1. The summed E-state index contributed by atoms with van der Waals surface area (Å²) in [7, 11) is 0. The molecular formula is C23H32N4O4. The molecule has 0 saturated carbocycles. The summed E-state index contributed by atoms with van der Waals surface area (Å²) in [5.41, 5.74) is 0.538. The summed E-state index contributed by atoms with van der Waals surface area (Å²) in [4.78, 5) is 29.6. The number of carbonyl (C=O) groups is 2. The smallest absolute Gasteiger partial charge is 0.254 e. The van der Waals surface area contributed by atoms with Crippen LogP contribution >= 0.6 is 0 Å². The Morgan fingerprint density at radius 1 is 1.16 bits per heavy atom. The van der Waals surface area contributed by atoms with E-state index in [1.54, 1.807) is 35.2 Å². The van der Waals surface area contributed by atoms with Crippen molar-refractivity contribution in [3.05, 3.63) is 42.2 Å². The highest BCUT2D eigenvalue weighted by Crippen LogP contribution is 2.15. The molecule has 0 radical (unpaired) electrons. The SMILES string of the molecule is CCCCOc1ccc(C(=O)N(CCN2CCCCC2)CC(=O)Nc2ccon2)cc1. The van der Waals surface area contributed by atoms with Gasteiger partial charge >= 0.3 is 0 Å². The monoisotopic (exact) mass is 428 g/mol. The Morgan fingerprint density at radius 2 is 1.94 bits per heavy atom. The fraction of sp³-hybridized carbons (Fsp3) is 0.522. The van der Waals surface area contributed by atoms with Crippen LogP contribution in [0.15, 0.2) is 41.1 Å². The van der Waals surface area contributed by atoms with Crippen molar-refractivity contribution in [3.63, 3.8) is 0 Å². The zero-order chi connectivity index (χ0) is 21.9. The number of hydrogen-bond acceptors (Lipinski definition) is 6. The van der Waals surface area contributed by atoms with Crippen LogP contribution in [0.2, 0.25) is 0 Å². The van der Waals surface area contributed by atoms with Crippen molar-refractivity contribution < 1.29 is 18.8 Å². The number of aromatic nitrogens is 1. The average Bonchev–Trinajstić information content (AvgIpc) is 3.30. The first-order chi connectivity index (χ1) is 15.2. The fourth-order valence-electron chi connectivity index (χ4n) is 3.54. The Bertz CT molecular complexity index is 801. The third-order valence-electron chi connectivity index (χ3n) is 5.33. The van der Waals surface area contributed by atoms with Crippen molar-refractivity contribution in [2.24, 2.45) is 0 Å². The minimum Gasteiger partial charge on any atom is -0.494 e. The lowest BCUT2D eigenvalue weighted by Crippen LogP contribution is -2.43. The lowest BCUT2D eigenvalue weighted by molar-refractivity contribution is -0.117. The highest BCUT2D eigenvalue weighted by molar-refractivity contribution is 5.99. The Balaban J connectivity index is 1.63. The van der Waals surface area contributed by atoms with Crippen molar-refractivity contribution in [2.75, 3.05) is 44.6 Å². The Morgan fingerprint density at radius 3 is 2.61 bits per heavy atom. The third-order valence-corrected chi connectivity index (χ3v) is 5.33. The van der Waals surface area contributed by atoms with Gasteiger partial charge in [-0.25, -0.2) is 0 Å². The lowest BCUT2D eigenvalue weighted by Gasteiger charge is -2.30. The average molecular weight is 429 g/mol. The Hall–Kier alpha value is -2.87. The number of anilines is 1. The zero-order valence-electron chi connectivity index (χ0n) is 18.2. The molecule has 168 valence electrons. The Labute approximate surface area is 183 Å². The van der Waals surface area contributed by atoms with Gasteiger partial charge in [0.25, 0.3) is 5.91 Å². The van der Waals surface area contributed by atoms with E-state index in [1.807, 2.05) is 0 Å². The molecule has 8 nitrogen and oxygen atoms in total. The minimum absolute atomic E-state index is 0.0473. The van der Waals surface area contributed by atoms with E-state index in [4.69, 9.17) is 9.26 Å². The van der Waals surface area contributed by atoms with E-state index >= 15 is 0 Å². The number of benzene rings is 1. The molecule has 0 aliphatic carbocycles. The van der Waals surface area contributed by atoms with Crippen molar-refractivity contribution in [1.29, 1.82) is 0 Å². The molecule has 0 spiro atoms. The van der Waals surface area contributed by atoms with E-state index in [-0.39, 0.29) is 18.4 Å². The van der Waals surface area contributed by atoms with Crippen LogP contribution in [-0.4, -0.2) is 66.1 Å². The molecule has 0 bridgehead atoms. The van der Waals surface area contributed by atoms with Gasteiger partial charge in [0.1, 0.15) is 18.6 Å². The second-order valence-corrected chi connectivity index (χ2v) is 7.79.